The van der Waals surface area contributed by atoms with E-state index < -0.39 is 22.0 Å². The van der Waals surface area contributed by atoms with Crippen molar-refractivity contribution < 1.29 is 17.9 Å². The van der Waals surface area contributed by atoms with Gasteiger partial charge in [-0.1, -0.05) is 17.7 Å². The molecule has 2 N–H and O–H groups in total. The average molecular weight is 369 g/mol. The van der Waals surface area contributed by atoms with E-state index in [0.29, 0.717) is 16.5 Å². The number of hydrogen-bond donors (Lipinski definition) is 2. The predicted octanol–water partition coefficient (Wildman–Crippen LogP) is 2.65. The molecule has 0 unspecified atom stereocenters. The lowest BCUT2D eigenvalue weighted by molar-refractivity contribution is -0.117. The van der Waals surface area contributed by atoms with E-state index >= 15 is 0 Å². The number of ether oxygens (including phenoxy) is 1. The predicted molar refractivity (Wildman–Crippen MR) is 92.9 cm³/mol. The molecule has 0 aromatic heterocycles. The van der Waals surface area contributed by atoms with E-state index in [1.54, 1.807) is 24.3 Å². The molecule has 0 aliphatic carbocycles. The number of hydrogen-bond acceptors (Lipinski definition) is 4. The van der Waals surface area contributed by atoms with Gasteiger partial charge >= 0.3 is 0 Å². The van der Waals surface area contributed by atoms with Gasteiger partial charge in [0.05, 0.1) is 18.0 Å². The molecule has 0 spiro atoms. The number of anilines is 1. The first-order chi connectivity index (χ1) is 11.3. The maximum absolute atomic E-state index is 12.3. The van der Waals surface area contributed by atoms with Crippen molar-refractivity contribution in [2.75, 3.05) is 12.4 Å². The summed E-state index contributed by atoms with van der Waals surface area (Å²) in [6.45, 7) is 1.46. The summed E-state index contributed by atoms with van der Waals surface area (Å²) in [5.74, 6) is 0.1000. The van der Waals surface area contributed by atoms with Crippen LogP contribution < -0.4 is 14.8 Å². The fraction of sp³-hybridized carbons (Fsp3) is 0.188. The quantitative estimate of drug-likeness (QED) is 0.820. The van der Waals surface area contributed by atoms with Gasteiger partial charge in [-0.05, 0) is 43.3 Å². The fourth-order valence-electron chi connectivity index (χ4n) is 1.92. The second-order valence-electron chi connectivity index (χ2n) is 5.02. The highest BCUT2D eigenvalue weighted by Gasteiger charge is 2.22. The van der Waals surface area contributed by atoms with Gasteiger partial charge in [-0.25, -0.2) is 8.42 Å². The number of nitrogens with one attached hydrogen (secondary N) is 2. The van der Waals surface area contributed by atoms with E-state index in [0.717, 1.165) is 0 Å². The third-order valence-corrected chi connectivity index (χ3v) is 5.00. The zero-order valence-corrected chi connectivity index (χ0v) is 14.7. The van der Waals surface area contributed by atoms with Gasteiger partial charge in [0, 0.05) is 16.8 Å². The first-order valence-electron chi connectivity index (χ1n) is 7.04. The van der Waals surface area contributed by atoms with Crippen molar-refractivity contribution >= 4 is 33.2 Å². The first kappa shape index (κ1) is 18.3. The number of carbonyl (C=O) groups is 1. The van der Waals surface area contributed by atoms with Crippen molar-refractivity contribution in [1.29, 1.82) is 0 Å². The average Bonchev–Trinajstić information content (AvgIpc) is 2.55. The monoisotopic (exact) mass is 368 g/mol. The van der Waals surface area contributed by atoms with Crippen molar-refractivity contribution in [2.24, 2.45) is 0 Å². The number of sulfonamides is 1. The van der Waals surface area contributed by atoms with Crippen LogP contribution in [0, 0.1) is 0 Å². The van der Waals surface area contributed by atoms with Crippen LogP contribution in [-0.2, 0) is 14.8 Å². The zero-order valence-electron chi connectivity index (χ0n) is 13.1. The van der Waals surface area contributed by atoms with E-state index in [2.05, 4.69) is 10.0 Å². The SMILES string of the molecule is COc1cccc(NC(=O)[C@H](C)NS(=O)(=O)c2ccc(Cl)cc2)c1. The molecule has 0 saturated carbocycles. The van der Waals surface area contributed by atoms with Crippen LogP contribution >= 0.6 is 11.6 Å². The summed E-state index contributed by atoms with van der Waals surface area (Å²) in [5.41, 5.74) is 0.511. The van der Waals surface area contributed by atoms with Gasteiger partial charge in [-0.3, -0.25) is 4.79 Å². The molecular weight excluding hydrogens is 352 g/mol. The van der Waals surface area contributed by atoms with Gasteiger partial charge in [0.1, 0.15) is 5.75 Å². The summed E-state index contributed by atoms with van der Waals surface area (Å²) in [6.07, 6.45) is 0. The van der Waals surface area contributed by atoms with Crippen LogP contribution in [0.4, 0.5) is 5.69 Å². The molecule has 0 bridgehead atoms. The molecule has 0 aliphatic rings. The van der Waals surface area contributed by atoms with Gasteiger partial charge in [0.2, 0.25) is 15.9 Å². The van der Waals surface area contributed by atoms with Crippen molar-refractivity contribution in [3.63, 3.8) is 0 Å². The van der Waals surface area contributed by atoms with Gasteiger partial charge in [-0.15, -0.1) is 0 Å². The van der Waals surface area contributed by atoms with Gasteiger partial charge < -0.3 is 10.1 Å². The number of benzene rings is 2. The van der Waals surface area contributed by atoms with Crippen LogP contribution in [0.2, 0.25) is 5.02 Å². The second kappa shape index (κ2) is 7.65. The van der Waals surface area contributed by atoms with Crippen LogP contribution in [0.3, 0.4) is 0 Å². The Labute approximate surface area is 145 Å². The Morgan fingerprint density at radius 2 is 1.83 bits per heavy atom. The number of halogens is 1. The Morgan fingerprint density at radius 1 is 1.17 bits per heavy atom. The number of carbonyl (C=O) groups excluding carboxylic acids is 1. The maximum atomic E-state index is 12.3. The Bertz CT molecular complexity index is 822. The fourth-order valence-corrected chi connectivity index (χ4v) is 3.25. The Hall–Kier alpha value is -2.09. The van der Waals surface area contributed by atoms with E-state index in [-0.39, 0.29) is 4.90 Å². The molecule has 128 valence electrons. The second-order valence-corrected chi connectivity index (χ2v) is 7.17. The van der Waals surface area contributed by atoms with Crippen LogP contribution in [0.1, 0.15) is 6.92 Å². The lowest BCUT2D eigenvalue weighted by atomic mass is 10.2. The number of methoxy groups -OCH3 is 1. The lowest BCUT2D eigenvalue weighted by Crippen LogP contribution is -2.41. The minimum atomic E-state index is -3.82. The smallest absolute Gasteiger partial charge is 0.242 e. The summed E-state index contributed by atoms with van der Waals surface area (Å²) >= 11 is 5.74. The summed E-state index contributed by atoms with van der Waals surface area (Å²) in [7, 11) is -2.30. The van der Waals surface area contributed by atoms with Crippen LogP contribution in [0.15, 0.2) is 53.4 Å². The van der Waals surface area contributed by atoms with Gasteiger partial charge in [-0.2, -0.15) is 4.72 Å². The zero-order chi connectivity index (χ0) is 17.7. The van der Waals surface area contributed by atoms with Crippen molar-refractivity contribution in [3.05, 3.63) is 53.6 Å². The van der Waals surface area contributed by atoms with Gasteiger partial charge in [0.25, 0.3) is 0 Å². The molecule has 24 heavy (non-hydrogen) atoms. The summed E-state index contributed by atoms with van der Waals surface area (Å²) in [5, 5.41) is 3.06. The third kappa shape index (κ3) is 4.70. The minimum absolute atomic E-state index is 0.0351. The molecule has 0 heterocycles. The summed E-state index contributed by atoms with van der Waals surface area (Å²) in [4.78, 5) is 12.2. The highest BCUT2D eigenvalue weighted by atomic mass is 35.5. The number of rotatable bonds is 6. The minimum Gasteiger partial charge on any atom is -0.497 e. The Balaban J connectivity index is 2.06. The number of amides is 1. The molecule has 8 heteroatoms. The molecule has 0 radical (unpaired) electrons. The Kier molecular flexibility index (Phi) is 5.82. The topological polar surface area (TPSA) is 84.5 Å². The normalized spacial score (nSPS) is 12.5. The third-order valence-electron chi connectivity index (χ3n) is 3.19. The summed E-state index contributed by atoms with van der Waals surface area (Å²) < 4.78 is 31.9. The first-order valence-corrected chi connectivity index (χ1v) is 8.91. The van der Waals surface area contributed by atoms with Crippen molar-refractivity contribution in [2.45, 2.75) is 17.9 Å². The molecule has 2 aromatic rings. The molecule has 0 fully saturated rings. The highest BCUT2D eigenvalue weighted by molar-refractivity contribution is 7.89. The molecular formula is C16H17ClN2O4S. The van der Waals surface area contributed by atoms with Crippen LogP contribution in [-0.4, -0.2) is 27.5 Å². The van der Waals surface area contributed by atoms with Crippen molar-refractivity contribution in [1.82, 2.24) is 4.72 Å². The molecule has 1 atom stereocenters. The lowest BCUT2D eigenvalue weighted by Gasteiger charge is -2.15. The molecule has 0 aliphatic heterocycles. The van der Waals surface area contributed by atoms with Crippen LogP contribution in [0.25, 0.3) is 0 Å². The summed E-state index contributed by atoms with van der Waals surface area (Å²) in [6, 6.07) is 11.5. The van der Waals surface area contributed by atoms with E-state index in [1.807, 2.05) is 0 Å². The van der Waals surface area contributed by atoms with Gasteiger partial charge in [0.15, 0.2) is 0 Å². The van der Waals surface area contributed by atoms with E-state index in [4.69, 9.17) is 16.3 Å². The molecule has 6 nitrogen and oxygen atoms in total. The highest BCUT2D eigenvalue weighted by Crippen LogP contribution is 2.17. The Morgan fingerprint density at radius 3 is 2.46 bits per heavy atom. The van der Waals surface area contributed by atoms with E-state index in [9.17, 15) is 13.2 Å². The standard InChI is InChI=1S/C16H17ClN2O4S/c1-11(16(20)18-13-4-3-5-14(10-13)23-2)19-24(21,22)15-8-6-12(17)7-9-15/h3-11,19H,1-2H3,(H,18,20)/t11-/m0/s1. The molecule has 2 rings (SSSR count). The maximum Gasteiger partial charge on any atom is 0.242 e. The van der Waals surface area contributed by atoms with E-state index in [1.165, 1.54) is 38.3 Å². The van der Waals surface area contributed by atoms with Crippen LogP contribution in [0.5, 0.6) is 5.75 Å². The molecule has 1 amide bonds. The largest absolute Gasteiger partial charge is 0.497 e. The van der Waals surface area contributed by atoms with Crippen molar-refractivity contribution in [3.8, 4) is 5.75 Å². The molecule has 0 saturated heterocycles. The molecule has 2 aromatic carbocycles.